The minimum absolute atomic E-state index is 0.179. The van der Waals surface area contributed by atoms with E-state index >= 15 is 0 Å². The first kappa shape index (κ1) is 22.7. The molecule has 0 aliphatic carbocycles. The number of anilines is 1. The van der Waals surface area contributed by atoms with E-state index in [0.717, 1.165) is 39.3 Å². The number of piperazine rings is 1. The summed E-state index contributed by atoms with van der Waals surface area (Å²) >= 11 is 0. The molecule has 3 aromatic carbocycles. The highest BCUT2D eigenvalue weighted by Gasteiger charge is 2.18. The van der Waals surface area contributed by atoms with Crippen LogP contribution in [-0.4, -0.2) is 60.9 Å². The van der Waals surface area contributed by atoms with Gasteiger partial charge in [0.2, 0.25) is 0 Å². The van der Waals surface area contributed by atoms with Gasteiger partial charge in [0.25, 0.3) is 11.8 Å². The van der Waals surface area contributed by atoms with Gasteiger partial charge in [-0.15, -0.1) is 0 Å². The molecule has 6 heteroatoms. The summed E-state index contributed by atoms with van der Waals surface area (Å²) in [4.78, 5) is 30.1. The zero-order valence-electron chi connectivity index (χ0n) is 18.7. The highest BCUT2D eigenvalue weighted by molar-refractivity contribution is 6.08. The summed E-state index contributed by atoms with van der Waals surface area (Å²) < 4.78 is 0. The predicted octanol–water partition coefficient (Wildman–Crippen LogP) is 3.49. The SMILES string of the molecule is O=C(Nc1ccccc1C(=O)NCCN1CCN(Cc2ccccc2)CC1)c1ccccc1. The number of nitrogens with zero attached hydrogens (tertiary/aromatic N) is 2. The number of nitrogens with one attached hydrogen (secondary N) is 2. The molecule has 1 aliphatic rings. The van der Waals surface area contributed by atoms with Crippen molar-refractivity contribution in [3.63, 3.8) is 0 Å². The molecular weight excluding hydrogens is 412 g/mol. The Kier molecular flexibility index (Phi) is 7.85. The molecule has 0 radical (unpaired) electrons. The van der Waals surface area contributed by atoms with Crippen LogP contribution in [0.15, 0.2) is 84.9 Å². The molecule has 6 nitrogen and oxygen atoms in total. The predicted molar refractivity (Wildman–Crippen MR) is 131 cm³/mol. The minimum atomic E-state index is -0.232. The molecule has 2 N–H and O–H groups in total. The lowest BCUT2D eigenvalue weighted by Crippen LogP contribution is -2.48. The van der Waals surface area contributed by atoms with Crippen LogP contribution in [0.25, 0.3) is 0 Å². The molecule has 33 heavy (non-hydrogen) atoms. The Balaban J connectivity index is 1.23. The molecule has 4 rings (SSSR count). The smallest absolute Gasteiger partial charge is 0.255 e. The zero-order chi connectivity index (χ0) is 22.9. The summed E-state index contributed by atoms with van der Waals surface area (Å²) in [5.41, 5.74) is 2.88. The Hall–Kier alpha value is -3.48. The van der Waals surface area contributed by atoms with Gasteiger partial charge >= 0.3 is 0 Å². The highest BCUT2D eigenvalue weighted by atomic mass is 16.2. The van der Waals surface area contributed by atoms with Crippen LogP contribution >= 0.6 is 0 Å². The molecule has 0 atom stereocenters. The van der Waals surface area contributed by atoms with Crippen molar-refractivity contribution in [1.82, 2.24) is 15.1 Å². The van der Waals surface area contributed by atoms with Crippen molar-refractivity contribution in [2.75, 3.05) is 44.6 Å². The van der Waals surface area contributed by atoms with E-state index in [4.69, 9.17) is 0 Å². The van der Waals surface area contributed by atoms with Crippen LogP contribution in [0.5, 0.6) is 0 Å². The lowest BCUT2D eigenvalue weighted by molar-refractivity contribution is 0.0935. The van der Waals surface area contributed by atoms with Gasteiger partial charge in [0.15, 0.2) is 0 Å². The molecule has 0 spiro atoms. The Labute approximate surface area is 195 Å². The number of rotatable bonds is 8. The molecule has 1 aliphatic heterocycles. The summed E-state index contributed by atoms with van der Waals surface area (Å²) in [6, 6.07) is 26.6. The lowest BCUT2D eigenvalue weighted by Gasteiger charge is -2.34. The minimum Gasteiger partial charge on any atom is -0.351 e. The van der Waals surface area contributed by atoms with Crippen LogP contribution in [0, 0.1) is 0 Å². The fourth-order valence-corrected chi connectivity index (χ4v) is 4.01. The average molecular weight is 443 g/mol. The van der Waals surface area contributed by atoms with E-state index in [2.05, 4.69) is 44.7 Å². The monoisotopic (exact) mass is 442 g/mol. The Bertz CT molecular complexity index is 1050. The average Bonchev–Trinajstić information content (AvgIpc) is 2.86. The van der Waals surface area contributed by atoms with E-state index in [-0.39, 0.29) is 11.8 Å². The standard InChI is InChI=1S/C27H30N4O2/c32-26(23-11-5-2-6-12-23)29-25-14-8-7-13-24(25)27(33)28-15-16-30-17-19-31(20-18-30)21-22-9-3-1-4-10-22/h1-14H,15-21H2,(H,28,33)(H,29,32). The molecule has 170 valence electrons. The van der Waals surface area contributed by atoms with Gasteiger partial charge in [-0.1, -0.05) is 60.7 Å². The fourth-order valence-electron chi connectivity index (χ4n) is 4.01. The molecule has 0 saturated carbocycles. The maximum atomic E-state index is 12.8. The summed E-state index contributed by atoms with van der Waals surface area (Å²) in [6.45, 7) is 6.39. The van der Waals surface area contributed by atoms with Crippen LogP contribution in [0.3, 0.4) is 0 Å². The van der Waals surface area contributed by atoms with Crippen LogP contribution < -0.4 is 10.6 Å². The number of carbonyl (C=O) groups is 2. The van der Waals surface area contributed by atoms with Crippen LogP contribution in [-0.2, 0) is 6.54 Å². The Morgan fingerprint density at radius 1 is 0.697 bits per heavy atom. The summed E-state index contributed by atoms with van der Waals surface area (Å²) in [5.74, 6) is -0.411. The summed E-state index contributed by atoms with van der Waals surface area (Å²) in [7, 11) is 0. The molecular formula is C27H30N4O2. The second-order valence-electron chi connectivity index (χ2n) is 8.23. The van der Waals surface area contributed by atoms with Gasteiger partial charge in [-0.3, -0.25) is 19.4 Å². The largest absolute Gasteiger partial charge is 0.351 e. The number of hydrogen-bond donors (Lipinski definition) is 2. The van der Waals surface area contributed by atoms with Crippen LogP contribution in [0.1, 0.15) is 26.3 Å². The van der Waals surface area contributed by atoms with Crippen molar-refractivity contribution in [3.05, 3.63) is 102 Å². The number of para-hydroxylation sites is 1. The van der Waals surface area contributed by atoms with Gasteiger partial charge in [-0.05, 0) is 29.8 Å². The Morgan fingerprint density at radius 3 is 2.03 bits per heavy atom. The number of hydrogen-bond acceptors (Lipinski definition) is 4. The van der Waals surface area contributed by atoms with Gasteiger partial charge < -0.3 is 10.6 Å². The van der Waals surface area contributed by atoms with Crippen LogP contribution in [0.4, 0.5) is 5.69 Å². The van der Waals surface area contributed by atoms with Gasteiger partial charge in [0, 0.05) is 51.4 Å². The van der Waals surface area contributed by atoms with Crippen molar-refractivity contribution < 1.29 is 9.59 Å². The highest BCUT2D eigenvalue weighted by Crippen LogP contribution is 2.16. The van der Waals surface area contributed by atoms with Gasteiger partial charge in [-0.2, -0.15) is 0 Å². The number of amides is 2. The van der Waals surface area contributed by atoms with Crippen molar-refractivity contribution >= 4 is 17.5 Å². The van der Waals surface area contributed by atoms with Gasteiger partial charge in [0.05, 0.1) is 11.3 Å². The second-order valence-corrected chi connectivity index (χ2v) is 8.23. The molecule has 1 heterocycles. The zero-order valence-corrected chi connectivity index (χ0v) is 18.7. The van der Waals surface area contributed by atoms with E-state index in [1.807, 2.05) is 30.3 Å². The van der Waals surface area contributed by atoms with E-state index in [9.17, 15) is 9.59 Å². The molecule has 2 amide bonds. The van der Waals surface area contributed by atoms with E-state index in [0.29, 0.717) is 23.4 Å². The first-order valence-electron chi connectivity index (χ1n) is 11.4. The second kappa shape index (κ2) is 11.4. The molecule has 1 saturated heterocycles. The molecule has 0 unspecified atom stereocenters. The molecule has 3 aromatic rings. The van der Waals surface area contributed by atoms with Crippen molar-refractivity contribution in [3.8, 4) is 0 Å². The topological polar surface area (TPSA) is 64.7 Å². The lowest BCUT2D eigenvalue weighted by atomic mass is 10.1. The molecule has 1 fully saturated rings. The van der Waals surface area contributed by atoms with Crippen molar-refractivity contribution in [2.24, 2.45) is 0 Å². The van der Waals surface area contributed by atoms with E-state index < -0.39 is 0 Å². The quantitative estimate of drug-likeness (QED) is 0.561. The summed E-state index contributed by atoms with van der Waals surface area (Å²) in [6.07, 6.45) is 0. The third kappa shape index (κ3) is 6.51. The van der Waals surface area contributed by atoms with Gasteiger partial charge in [0.1, 0.15) is 0 Å². The first-order valence-corrected chi connectivity index (χ1v) is 11.4. The molecule has 0 aromatic heterocycles. The number of carbonyl (C=O) groups excluding carboxylic acids is 2. The third-order valence-corrected chi connectivity index (χ3v) is 5.88. The Morgan fingerprint density at radius 2 is 1.30 bits per heavy atom. The summed E-state index contributed by atoms with van der Waals surface area (Å²) in [5, 5.41) is 5.86. The first-order chi connectivity index (χ1) is 16.2. The third-order valence-electron chi connectivity index (χ3n) is 5.88. The van der Waals surface area contributed by atoms with Crippen molar-refractivity contribution in [2.45, 2.75) is 6.54 Å². The normalized spacial score (nSPS) is 14.5. The van der Waals surface area contributed by atoms with Crippen LogP contribution in [0.2, 0.25) is 0 Å². The molecule has 0 bridgehead atoms. The van der Waals surface area contributed by atoms with Crippen molar-refractivity contribution in [1.29, 1.82) is 0 Å². The van der Waals surface area contributed by atoms with E-state index in [1.54, 1.807) is 30.3 Å². The number of benzene rings is 3. The maximum Gasteiger partial charge on any atom is 0.255 e. The van der Waals surface area contributed by atoms with E-state index in [1.165, 1.54) is 5.56 Å². The maximum absolute atomic E-state index is 12.8. The fraction of sp³-hybridized carbons (Fsp3) is 0.259. The van der Waals surface area contributed by atoms with Gasteiger partial charge in [-0.25, -0.2) is 0 Å².